The summed E-state index contributed by atoms with van der Waals surface area (Å²) in [5, 5.41) is 15.5. The fourth-order valence-electron chi connectivity index (χ4n) is 0.989. The Morgan fingerprint density at radius 1 is 1.40 bits per heavy atom. The molecule has 1 radical (unpaired) electrons. The van der Waals surface area contributed by atoms with Gasteiger partial charge in [0.2, 0.25) is 0 Å². The Morgan fingerprint density at radius 3 is 2.73 bits per heavy atom. The largest absolute Gasteiger partial charge is 0.532 e. The zero-order chi connectivity index (χ0) is 9.26. The predicted molar refractivity (Wildman–Crippen MR) is 47.2 cm³/mol. The molecule has 1 aromatic carbocycles. The van der Waals surface area contributed by atoms with Crippen molar-refractivity contribution >= 4 is 17.2 Å². The van der Waals surface area contributed by atoms with E-state index in [1.165, 1.54) is 0 Å². The summed E-state index contributed by atoms with van der Waals surface area (Å²) in [6.07, 6.45) is -1.42. The Balaban J connectivity index is 0.000000980. The second-order valence-corrected chi connectivity index (χ2v) is 2.31. The van der Waals surface area contributed by atoms with E-state index >= 15 is 0 Å². The topological polar surface area (TPSA) is 112 Å². The standard InChI is InChI=1S/C7H5N3O3.Ag.H3N/c11-7(12)13-10-6-4-2-1-3-5(6)8-9-10;;/h1-4H,(H,11,12);;1H3. The average molecular weight is 304 g/mol. The van der Waals surface area contributed by atoms with E-state index in [1.807, 2.05) is 0 Å². The van der Waals surface area contributed by atoms with Crippen LogP contribution in [0.5, 0.6) is 0 Å². The molecule has 8 heteroatoms. The van der Waals surface area contributed by atoms with Gasteiger partial charge in [0.05, 0.1) is 0 Å². The van der Waals surface area contributed by atoms with Gasteiger partial charge in [-0.1, -0.05) is 17.0 Å². The first-order valence-corrected chi connectivity index (χ1v) is 3.49. The summed E-state index contributed by atoms with van der Waals surface area (Å²) in [4.78, 5) is 15.4. The SMILES string of the molecule is N.O=C(O)On1nnc2ccccc21.[Ag]. The van der Waals surface area contributed by atoms with Crippen LogP contribution in [0.25, 0.3) is 11.0 Å². The normalized spacial score (nSPS) is 8.80. The van der Waals surface area contributed by atoms with Crippen LogP contribution in [-0.4, -0.2) is 26.4 Å². The van der Waals surface area contributed by atoms with Gasteiger partial charge in [-0.2, -0.15) is 0 Å². The van der Waals surface area contributed by atoms with Gasteiger partial charge in [-0.15, -0.1) is 5.10 Å². The second-order valence-electron chi connectivity index (χ2n) is 2.31. The number of benzene rings is 1. The zero-order valence-corrected chi connectivity index (χ0v) is 8.91. The van der Waals surface area contributed by atoms with Gasteiger partial charge in [-0.25, -0.2) is 4.79 Å². The minimum atomic E-state index is -1.42. The van der Waals surface area contributed by atoms with Gasteiger partial charge in [-0.05, 0) is 17.3 Å². The molecule has 85 valence electrons. The van der Waals surface area contributed by atoms with Crippen molar-refractivity contribution in [2.45, 2.75) is 0 Å². The molecule has 0 aliphatic carbocycles. The number of nitrogens with zero attached hydrogens (tertiary/aromatic N) is 3. The Kier molecular flexibility index (Phi) is 4.95. The number of fused-ring (bicyclic) bond motifs is 1. The monoisotopic (exact) mass is 303 g/mol. The van der Waals surface area contributed by atoms with Crippen LogP contribution >= 0.6 is 0 Å². The number of para-hydroxylation sites is 1. The molecule has 0 saturated carbocycles. The molecule has 4 N–H and O–H groups in total. The molecule has 7 nitrogen and oxygen atoms in total. The number of aromatic nitrogens is 3. The first-order valence-electron chi connectivity index (χ1n) is 3.49. The smallest absolute Gasteiger partial charge is 0.448 e. The van der Waals surface area contributed by atoms with Crippen LogP contribution in [0, 0.1) is 0 Å². The molecule has 0 saturated heterocycles. The molecule has 1 aromatic heterocycles. The second kappa shape index (κ2) is 5.47. The number of carbonyl (C=O) groups is 1. The fourth-order valence-corrected chi connectivity index (χ4v) is 0.989. The van der Waals surface area contributed by atoms with Crippen LogP contribution < -0.4 is 11.0 Å². The maximum atomic E-state index is 10.2. The number of rotatable bonds is 1. The molecule has 0 unspecified atom stereocenters. The molecule has 1 heterocycles. The number of hydrogen-bond acceptors (Lipinski definition) is 5. The van der Waals surface area contributed by atoms with Crippen LogP contribution in [0.2, 0.25) is 0 Å². The van der Waals surface area contributed by atoms with Crippen LogP contribution in [0.1, 0.15) is 0 Å². The molecule has 2 aromatic rings. The van der Waals surface area contributed by atoms with Crippen molar-refractivity contribution in [1.29, 1.82) is 0 Å². The van der Waals surface area contributed by atoms with Crippen LogP contribution in [0.4, 0.5) is 4.79 Å². The Labute approximate surface area is 100 Å². The van der Waals surface area contributed by atoms with Gasteiger partial charge in [0, 0.05) is 22.4 Å². The first-order chi connectivity index (χ1) is 6.27. The maximum absolute atomic E-state index is 10.2. The summed E-state index contributed by atoms with van der Waals surface area (Å²) < 4.78 is 0. The van der Waals surface area contributed by atoms with Crippen LogP contribution in [-0.2, 0) is 22.4 Å². The molecule has 0 atom stereocenters. The van der Waals surface area contributed by atoms with E-state index in [1.54, 1.807) is 24.3 Å². The summed E-state index contributed by atoms with van der Waals surface area (Å²) in [7, 11) is 0. The van der Waals surface area contributed by atoms with Gasteiger partial charge in [-0.3, -0.25) is 4.84 Å². The summed E-state index contributed by atoms with van der Waals surface area (Å²) in [5.41, 5.74) is 1.11. The summed E-state index contributed by atoms with van der Waals surface area (Å²) in [6.45, 7) is 0. The van der Waals surface area contributed by atoms with Crippen molar-refractivity contribution in [2.75, 3.05) is 0 Å². The average Bonchev–Trinajstić information content (AvgIpc) is 2.48. The third kappa shape index (κ3) is 2.77. The Morgan fingerprint density at radius 2 is 2.07 bits per heavy atom. The third-order valence-corrected chi connectivity index (χ3v) is 1.49. The molecular weight excluding hydrogens is 296 g/mol. The molecule has 0 bridgehead atoms. The molecule has 0 aliphatic rings. The van der Waals surface area contributed by atoms with E-state index in [-0.39, 0.29) is 28.5 Å². The summed E-state index contributed by atoms with van der Waals surface area (Å²) in [6, 6.07) is 6.90. The van der Waals surface area contributed by atoms with Crippen LogP contribution in [0.15, 0.2) is 24.3 Å². The van der Waals surface area contributed by atoms with E-state index < -0.39 is 6.16 Å². The van der Waals surface area contributed by atoms with Gasteiger partial charge in [0.15, 0.2) is 0 Å². The number of hydrogen-bond donors (Lipinski definition) is 2. The maximum Gasteiger partial charge on any atom is 0.532 e. The van der Waals surface area contributed by atoms with Crippen molar-refractivity contribution in [1.82, 2.24) is 21.3 Å². The van der Waals surface area contributed by atoms with E-state index in [4.69, 9.17) is 5.11 Å². The van der Waals surface area contributed by atoms with E-state index in [0.717, 1.165) is 4.85 Å². The van der Waals surface area contributed by atoms with Crippen molar-refractivity contribution in [3.05, 3.63) is 24.3 Å². The van der Waals surface area contributed by atoms with E-state index in [9.17, 15) is 4.79 Å². The van der Waals surface area contributed by atoms with Gasteiger partial charge in [0.25, 0.3) is 0 Å². The Bertz CT molecular complexity index is 458. The van der Waals surface area contributed by atoms with Crippen LogP contribution in [0.3, 0.4) is 0 Å². The quantitative estimate of drug-likeness (QED) is 0.592. The molecule has 0 spiro atoms. The molecular formula is C7H8AgN4O3. The van der Waals surface area contributed by atoms with Crippen molar-refractivity contribution < 1.29 is 37.1 Å². The Hall–Kier alpha value is -1.41. The van der Waals surface area contributed by atoms with Gasteiger partial charge in [0.1, 0.15) is 11.0 Å². The molecule has 0 amide bonds. The van der Waals surface area contributed by atoms with E-state index in [2.05, 4.69) is 15.1 Å². The van der Waals surface area contributed by atoms with Crippen molar-refractivity contribution in [2.24, 2.45) is 0 Å². The fraction of sp³-hybridized carbons (Fsp3) is 0. The molecule has 2 rings (SSSR count). The molecule has 0 aliphatic heterocycles. The summed E-state index contributed by atoms with van der Waals surface area (Å²) >= 11 is 0. The van der Waals surface area contributed by atoms with Crippen molar-refractivity contribution in [3.8, 4) is 0 Å². The molecule has 0 fully saturated rings. The zero-order valence-electron chi connectivity index (χ0n) is 7.42. The minimum absolute atomic E-state index is 0. The minimum Gasteiger partial charge on any atom is -0.448 e. The van der Waals surface area contributed by atoms with Gasteiger partial charge >= 0.3 is 6.16 Å². The third-order valence-electron chi connectivity index (χ3n) is 1.49. The number of carboxylic acid groups (broad SMARTS) is 1. The summed E-state index contributed by atoms with van der Waals surface area (Å²) in [5.74, 6) is 0. The van der Waals surface area contributed by atoms with Gasteiger partial charge < -0.3 is 11.3 Å². The molecule has 15 heavy (non-hydrogen) atoms. The van der Waals surface area contributed by atoms with Crippen molar-refractivity contribution in [3.63, 3.8) is 0 Å². The predicted octanol–water partition coefficient (Wildman–Crippen LogP) is 0.697. The van der Waals surface area contributed by atoms with E-state index in [0.29, 0.717) is 11.0 Å². The first kappa shape index (κ1) is 13.6.